The van der Waals surface area contributed by atoms with Gasteiger partial charge in [-0.25, -0.2) is 9.97 Å². The van der Waals surface area contributed by atoms with Gasteiger partial charge in [-0.05, 0) is 31.7 Å². The van der Waals surface area contributed by atoms with E-state index < -0.39 is 0 Å². The van der Waals surface area contributed by atoms with Gasteiger partial charge in [0.15, 0.2) is 5.82 Å². The number of halogens is 1. The monoisotopic (exact) mass is 298 g/mol. The molecular formula is C14H19ClN2OS. The maximum Gasteiger partial charge on any atom is 0.157 e. The number of fused-ring (bicyclic) bond motifs is 1. The van der Waals surface area contributed by atoms with Crippen molar-refractivity contribution in [3.63, 3.8) is 0 Å². The Morgan fingerprint density at radius 1 is 1.26 bits per heavy atom. The average Bonchev–Trinajstić information content (AvgIpc) is 2.61. The van der Waals surface area contributed by atoms with E-state index in [9.17, 15) is 0 Å². The zero-order chi connectivity index (χ0) is 14.0. The Labute approximate surface area is 123 Å². The van der Waals surface area contributed by atoms with Crippen LogP contribution in [0, 0.1) is 19.8 Å². The van der Waals surface area contributed by atoms with Gasteiger partial charge < -0.3 is 4.74 Å². The molecule has 19 heavy (non-hydrogen) atoms. The predicted molar refractivity (Wildman–Crippen MR) is 81.0 cm³/mol. The summed E-state index contributed by atoms with van der Waals surface area (Å²) < 4.78 is 5.59. The third-order valence-electron chi connectivity index (χ3n) is 3.10. The molecule has 3 nitrogen and oxygen atoms in total. The Bertz CT molecular complexity index is 580. The summed E-state index contributed by atoms with van der Waals surface area (Å²) in [5.41, 5.74) is 1.18. The number of nitrogens with zero attached hydrogens (tertiary/aromatic N) is 2. The van der Waals surface area contributed by atoms with Crippen molar-refractivity contribution in [3.8, 4) is 0 Å². The van der Waals surface area contributed by atoms with Crippen LogP contribution in [-0.4, -0.2) is 16.6 Å². The number of hydrogen-bond acceptors (Lipinski definition) is 4. The van der Waals surface area contributed by atoms with Crippen molar-refractivity contribution in [3.05, 3.63) is 21.4 Å². The normalized spacial score (nSPS) is 11.7. The summed E-state index contributed by atoms with van der Waals surface area (Å²) in [5, 5.41) is 1.52. The topological polar surface area (TPSA) is 35.0 Å². The van der Waals surface area contributed by atoms with E-state index in [1.165, 1.54) is 10.4 Å². The lowest BCUT2D eigenvalue weighted by molar-refractivity contribution is 0.106. The lowest BCUT2D eigenvalue weighted by Gasteiger charge is -2.06. The van der Waals surface area contributed by atoms with Crippen molar-refractivity contribution in [2.45, 2.75) is 40.7 Å². The Kier molecular flexibility index (Phi) is 4.76. The van der Waals surface area contributed by atoms with Crippen molar-refractivity contribution in [2.24, 2.45) is 5.92 Å². The van der Waals surface area contributed by atoms with Crippen LogP contribution in [0.3, 0.4) is 0 Å². The number of thiophene rings is 1. The van der Waals surface area contributed by atoms with Gasteiger partial charge in [0.25, 0.3) is 0 Å². The first kappa shape index (κ1) is 14.7. The van der Waals surface area contributed by atoms with Gasteiger partial charge >= 0.3 is 0 Å². The summed E-state index contributed by atoms with van der Waals surface area (Å²) in [6.45, 7) is 9.66. The van der Waals surface area contributed by atoms with Crippen LogP contribution < -0.4 is 0 Å². The molecule has 0 bridgehead atoms. The molecule has 0 saturated carbocycles. The highest BCUT2D eigenvalue weighted by molar-refractivity contribution is 7.18. The molecule has 0 aliphatic heterocycles. The summed E-state index contributed by atoms with van der Waals surface area (Å²) in [6, 6.07) is 0. The summed E-state index contributed by atoms with van der Waals surface area (Å²) in [4.78, 5) is 11.1. The summed E-state index contributed by atoms with van der Waals surface area (Å²) in [7, 11) is 0. The maximum atomic E-state index is 6.24. The van der Waals surface area contributed by atoms with Crippen LogP contribution in [0.4, 0.5) is 0 Å². The minimum Gasteiger partial charge on any atom is -0.373 e. The van der Waals surface area contributed by atoms with Gasteiger partial charge in [-0.15, -0.1) is 11.3 Å². The van der Waals surface area contributed by atoms with Crippen LogP contribution in [0.15, 0.2) is 0 Å². The van der Waals surface area contributed by atoms with Crippen LogP contribution >= 0.6 is 22.9 Å². The number of aromatic nitrogens is 2. The Morgan fingerprint density at radius 2 is 2.00 bits per heavy atom. The third kappa shape index (κ3) is 3.44. The molecule has 0 N–H and O–H groups in total. The molecule has 5 heteroatoms. The molecule has 0 unspecified atom stereocenters. The fraction of sp³-hybridized carbons (Fsp3) is 0.571. The van der Waals surface area contributed by atoms with E-state index in [1.54, 1.807) is 11.3 Å². The molecule has 0 fully saturated rings. The van der Waals surface area contributed by atoms with Crippen LogP contribution in [-0.2, 0) is 11.3 Å². The summed E-state index contributed by atoms with van der Waals surface area (Å²) in [6.07, 6.45) is 1.05. The fourth-order valence-electron chi connectivity index (χ4n) is 1.79. The van der Waals surface area contributed by atoms with E-state index >= 15 is 0 Å². The van der Waals surface area contributed by atoms with E-state index in [1.807, 2.05) is 0 Å². The minimum atomic E-state index is 0.429. The molecule has 0 radical (unpaired) electrons. The van der Waals surface area contributed by atoms with Crippen LogP contribution in [0.1, 0.15) is 36.5 Å². The number of aryl methyl sites for hydroxylation is 2. The lowest BCUT2D eigenvalue weighted by Crippen LogP contribution is -2.03. The Balaban J connectivity index is 2.13. The first-order chi connectivity index (χ1) is 8.99. The second kappa shape index (κ2) is 6.16. The SMILES string of the molecule is Cc1sc2nc(COCCC(C)C)nc(Cl)c2c1C. The van der Waals surface area contributed by atoms with Crippen molar-refractivity contribution in [1.29, 1.82) is 0 Å². The third-order valence-corrected chi connectivity index (χ3v) is 4.48. The Morgan fingerprint density at radius 3 is 2.68 bits per heavy atom. The first-order valence-electron chi connectivity index (χ1n) is 6.49. The van der Waals surface area contributed by atoms with Gasteiger partial charge in [-0.2, -0.15) is 0 Å². The molecular weight excluding hydrogens is 280 g/mol. The Hall–Kier alpha value is -0.710. The molecule has 0 aliphatic rings. The fourth-order valence-corrected chi connectivity index (χ4v) is 3.22. The second-order valence-corrected chi connectivity index (χ2v) is 6.69. The molecule has 0 aliphatic carbocycles. The molecule has 0 spiro atoms. The first-order valence-corrected chi connectivity index (χ1v) is 7.68. The zero-order valence-electron chi connectivity index (χ0n) is 11.8. The van der Waals surface area contributed by atoms with Gasteiger partial charge in [-0.1, -0.05) is 25.4 Å². The van der Waals surface area contributed by atoms with E-state index in [2.05, 4.69) is 37.7 Å². The average molecular weight is 299 g/mol. The molecule has 104 valence electrons. The number of ether oxygens (including phenoxy) is 1. The molecule has 2 aromatic rings. The van der Waals surface area contributed by atoms with Gasteiger partial charge in [0.2, 0.25) is 0 Å². The van der Waals surface area contributed by atoms with Crippen LogP contribution in [0.2, 0.25) is 5.15 Å². The summed E-state index contributed by atoms with van der Waals surface area (Å²) in [5.74, 6) is 1.32. The number of hydrogen-bond donors (Lipinski definition) is 0. The van der Waals surface area contributed by atoms with E-state index in [-0.39, 0.29) is 0 Å². The highest BCUT2D eigenvalue weighted by Crippen LogP contribution is 2.32. The van der Waals surface area contributed by atoms with E-state index in [0.29, 0.717) is 23.5 Å². The van der Waals surface area contributed by atoms with Crippen molar-refractivity contribution in [2.75, 3.05) is 6.61 Å². The van der Waals surface area contributed by atoms with E-state index in [4.69, 9.17) is 16.3 Å². The van der Waals surface area contributed by atoms with Crippen LogP contribution in [0.5, 0.6) is 0 Å². The molecule has 0 saturated heterocycles. The molecule has 0 amide bonds. The molecule has 0 atom stereocenters. The quantitative estimate of drug-likeness (QED) is 0.601. The smallest absolute Gasteiger partial charge is 0.157 e. The summed E-state index contributed by atoms with van der Waals surface area (Å²) >= 11 is 7.90. The van der Waals surface area contributed by atoms with Gasteiger partial charge in [0.1, 0.15) is 16.6 Å². The molecule has 0 aromatic carbocycles. The molecule has 2 rings (SSSR count). The minimum absolute atomic E-state index is 0.429. The zero-order valence-corrected chi connectivity index (χ0v) is 13.4. The van der Waals surface area contributed by atoms with Crippen molar-refractivity contribution < 1.29 is 4.74 Å². The highest BCUT2D eigenvalue weighted by Gasteiger charge is 2.13. The van der Waals surface area contributed by atoms with Crippen molar-refractivity contribution >= 4 is 33.2 Å². The molecule has 2 heterocycles. The highest BCUT2D eigenvalue weighted by atomic mass is 35.5. The second-order valence-electron chi connectivity index (χ2n) is 5.13. The van der Waals surface area contributed by atoms with Crippen molar-refractivity contribution in [1.82, 2.24) is 9.97 Å². The molecule has 2 aromatic heterocycles. The largest absolute Gasteiger partial charge is 0.373 e. The predicted octanol–water partition coefficient (Wildman–Crippen LogP) is 4.52. The maximum absolute atomic E-state index is 6.24. The van der Waals surface area contributed by atoms with Gasteiger partial charge in [0, 0.05) is 11.5 Å². The van der Waals surface area contributed by atoms with Gasteiger partial charge in [0.05, 0.1) is 5.39 Å². The standard InChI is InChI=1S/C14H19ClN2OS/c1-8(2)5-6-18-7-11-16-13(15)12-9(3)10(4)19-14(12)17-11/h8H,5-7H2,1-4H3. The number of rotatable bonds is 5. The van der Waals surface area contributed by atoms with Gasteiger partial charge in [-0.3, -0.25) is 0 Å². The van der Waals surface area contributed by atoms with E-state index in [0.717, 1.165) is 23.2 Å². The lowest BCUT2D eigenvalue weighted by atomic mass is 10.1. The van der Waals surface area contributed by atoms with Crippen LogP contribution in [0.25, 0.3) is 10.2 Å².